The van der Waals surface area contributed by atoms with Crippen LogP contribution in [0.3, 0.4) is 0 Å². The van der Waals surface area contributed by atoms with E-state index in [1.165, 1.54) is 11.3 Å². The Labute approximate surface area is 168 Å². The topological polar surface area (TPSA) is 92.7 Å². The second-order valence-electron chi connectivity index (χ2n) is 7.07. The quantitative estimate of drug-likeness (QED) is 0.625. The van der Waals surface area contributed by atoms with Crippen molar-refractivity contribution in [2.75, 3.05) is 10.6 Å². The summed E-state index contributed by atoms with van der Waals surface area (Å²) in [6, 6.07) is 7.72. The van der Waals surface area contributed by atoms with Crippen molar-refractivity contribution in [1.82, 2.24) is 19.9 Å². The zero-order valence-electron chi connectivity index (χ0n) is 16.5. The molecule has 0 saturated heterocycles. The van der Waals surface area contributed by atoms with Crippen molar-refractivity contribution in [1.29, 1.82) is 0 Å². The highest BCUT2D eigenvalue weighted by molar-refractivity contribution is 7.15. The molecule has 0 saturated carbocycles. The maximum atomic E-state index is 12.2. The Kier molecular flexibility index (Phi) is 6.30. The molecule has 1 amide bonds. The van der Waals surface area contributed by atoms with Crippen molar-refractivity contribution >= 4 is 34.0 Å². The molecule has 28 heavy (non-hydrogen) atoms. The molecule has 1 aromatic carbocycles. The SMILES string of the molecule is Cc1ccc(NC(=O)Cc2cnc(Nc3nc(C)nc(CC(C)C)n3)s2)cc1. The first-order valence-electron chi connectivity index (χ1n) is 9.17. The van der Waals surface area contributed by atoms with Crippen LogP contribution >= 0.6 is 11.3 Å². The number of hydrogen-bond acceptors (Lipinski definition) is 7. The molecule has 0 aliphatic heterocycles. The van der Waals surface area contributed by atoms with Crippen LogP contribution in [0.5, 0.6) is 0 Å². The summed E-state index contributed by atoms with van der Waals surface area (Å²) < 4.78 is 0. The zero-order valence-corrected chi connectivity index (χ0v) is 17.3. The number of thiazole rings is 1. The van der Waals surface area contributed by atoms with Crippen molar-refractivity contribution < 1.29 is 4.79 Å². The molecule has 3 aromatic rings. The van der Waals surface area contributed by atoms with Gasteiger partial charge in [0.15, 0.2) is 5.13 Å². The largest absolute Gasteiger partial charge is 0.326 e. The van der Waals surface area contributed by atoms with E-state index < -0.39 is 0 Å². The lowest BCUT2D eigenvalue weighted by Gasteiger charge is -2.07. The number of benzene rings is 1. The number of hydrogen-bond donors (Lipinski definition) is 2. The molecule has 7 nitrogen and oxygen atoms in total. The molecule has 0 aliphatic rings. The third-order valence-electron chi connectivity index (χ3n) is 3.83. The zero-order chi connectivity index (χ0) is 20.1. The molecule has 3 rings (SSSR count). The summed E-state index contributed by atoms with van der Waals surface area (Å²) in [6.07, 6.45) is 2.76. The molecule has 0 radical (unpaired) electrons. The number of aromatic nitrogens is 4. The summed E-state index contributed by atoms with van der Waals surface area (Å²) in [7, 11) is 0. The standard InChI is InChI=1S/C20H24N6OS/c1-12(2)9-17-22-14(4)23-19(25-17)26-20-21-11-16(28-20)10-18(27)24-15-7-5-13(3)6-8-15/h5-8,11-12H,9-10H2,1-4H3,(H,24,27)(H,21,22,23,25,26). The fourth-order valence-electron chi connectivity index (χ4n) is 2.59. The van der Waals surface area contributed by atoms with Gasteiger partial charge < -0.3 is 5.32 Å². The number of nitrogens with zero attached hydrogens (tertiary/aromatic N) is 4. The number of aryl methyl sites for hydroxylation is 2. The van der Waals surface area contributed by atoms with E-state index in [0.29, 0.717) is 22.8 Å². The second-order valence-corrected chi connectivity index (χ2v) is 8.18. The molecular weight excluding hydrogens is 372 g/mol. The Morgan fingerprint density at radius 2 is 1.86 bits per heavy atom. The summed E-state index contributed by atoms with van der Waals surface area (Å²) in [4.78, 5) is 30.6. The lowest BCUT2D eigenvalue weighted by atomic mass is 10.1. The summed E-state index contributed by atoms with van der Waals surface area (Å²) in [6.45, 7) is 8.11. The number of rotatable bonds is 7. The Balaban J connectivity index is 1.61. The van der Waals surface area contributed by atoms with Crippen LogP contribution in [-0.2, 0) is 17.6 Å². The lowest BCUT2D eigenvalue weighted by molar-refractivity contribution is -0.115. The molecule has 0 atom stereocenters. The molecule has 146 valence electrons. The van der Waals surface area contributed by atoms with Gasteiger partial charge in [-0.1, -0.05) is 31.5 Å². The van der Waals surface area contributed by atoms with Gasteiger partial charge in [-0.25, -0.2) is 9.97 Å². The van der Waals surface area contributed by atoms with Gasteiger partial charge in [0.1, 0.15) is 11.6 Å². The van der Waals surface area contributed by atoms with Crippen LogP contribution < -0.4 is 10.6 Å². The molecule has 2 N–H and O–H groups in total. The molecule has 0 unspecified atom stereocenters. The van der Waals surface area contributed by atoms with Crippen LogP contribution in [0.1, 0.15) is 35.9 Å². The first kappa shape index (κ1) is 19.9. The molecule has 0 fully saturated rings. The van der Waals surface area contributed by atoms with Gasteiger partial charge in [0.05, 0.1) is 6.42 Å². The molecule has 0 bridgehead atoms. The highest BCUT2D eigenvalue weighted by atomic mass is 32.1. The average Bonchev–Trinajstić information content (AvgIpc) is 3.02. The highest BCUT2D eigenvalue weighted by Gasteiger charge is 2.11. The van der Waals surface area contributed by atoms with Gasteiger partial charge in [-0.05, 0) is 31.9 Å². The average molecular weight is 397 g/mol. The van der Waals surface area contributed by atoms with Crippen molar-refractivity contribution in [2.45, 2.75) is 40.5 Å². The Bertz CT molecular complexity index is 952. The minimum absolute atomic E-state index is 0.0747. The summed E-state index contributed by atoms with van der Waals surface area (Å²) >= 11 is 1.41. The number of nitrogens with one attached hydrogen (secondary N) is 2. The maximum Gasteiger partial charge on any atom is 0.232 e. The minimum atomic E-state index is -0.0747. The van der Waals surface area contributed by atoms with Gasteiger partial charge in [-0.2, -0.15) is 9.97 Å². The summed E-state index contributed by atoms with van der Waals surface area (Å²) in [5, 5.41) is 6.67. The number of carbonyl (C=O) groups excluding carboxylic acids is 1. The van der Waals surface area contributed by atoms with Crippen LogP contribution in [0.4, 0.5) is 16.8 Å². The van der Waals surface area contributed by atoms with Gasteiger partial charge in [0.25, 0.3) is 0 Å². The van der Waals surface area contributed by atoms with Gasteiger partial charge in [0.2, 0.25) is 11.9 Å². The van der Waals surface area contributed by atoms with E-state index in [4.69, 9.17) is 0 Å². The van der Waals surface area contributed by atoms with Crippen molar-refractivity contribution in [3.05, 3.63) is 52.6 Å². The fourth-order valence-corrected chi connectivity index (χ4v) is 3.40. The predicted octanol–water partition coefficient (Wildman–Crippen LogP) is 4.07. The molecule has 0 aliphatic carbocycles. The first-order valence-corrected chi connectivity index (χ1v) is 9.99. The number of anilines is 3. The Morgan fingerprint density at radius 3 is 2.57 bits per heavy atom. The van der Waals surface area contributed by atoms with E-state index >= 15 is 0 Å². The molecule has 8 heteroatoms. The minimum Gasteiger partial charge on any atom is -0.326 e. The van der Waals surface area contributed by atoms with Gasteiger partial charge in [0, 0.05) is 23.2 Å². The Morgan fingerprint density at radius 1 is 1.11 bits per heavy atom. The monoisotopic (exact) mass is 396 g/mol. The Hall–Kier alpha value is -2.87. The van der Waals surface area contributed by atoms with E-state index in [1.54, 1.807) is 6.20 Å². The number of amides is 1. The van der Waals surface area contributed by atoms with Crippen molar-refractivity contribution in [2.24, 2.45) is 5.92 Å². The van der Waals surface area contributed by atoms with Crippen LogP contribution in [0, 0.1) is 19.8 Å². The normalized spacial score (nSPS) is 10.9. The molecule has 0 spiro atoms. The smallest absolute Gasteiger partial charge is 0.232 e. The third kappa shape index (κ3) is 5.82. The molecular formula is C20H24N6OS. The number of carbonyl (C=O) groups is 1. The van der Waals surface area contributed by atoms with Crippen molar-refractivity contribution in [3.63, 3.8) is 0 Å². The first-order chi connectivity index (χ1) is 13.4. The highest BCUT2D eigenvalue weighted by Crippen LogP contribution is 2.22. The van der Waals surface area contributed by atoms with Crippen LogP contribution in [0.2, 0.25) is 0 Å². The van der Waals surface area contributed by atoms with Gasteiger partial charge in [-0.15, -0.1) is 11.3 Å². The second kappa shape index (κ2) is 8.88. The molecule has 2 aromatic heterocycles. The van der Waals surface area contributed by atoms with Crippen LogP contribution in [0.25, 0.3) is 0 Å². The van der Waals surface area contributed by atoms with E-state index in [-0.39, 0.29) is 12.3 Å². The van der Waals surface area contributed by atoms with Crippen LogP contribution in [-0.4, -0.2) is 25.8 Å². The van der Waals surface area contributed by atoms with Crippen molar-refractivity contribution in [3.8, 4) is 0 Å². The predicted molar refractivity (Wildman–Crippen MR) is 112 cm³/mol. The molecule has 2 heterocycles. The van der Waals surface area contributed by atoms with E-state index in [0.717, 1.165) is 28.4 Å². The van der Waals surface area contributed by atoms with E-state index in [2.05, 4.69) is 44.4 Å². The van der Waals surface area contributed by atoms with Crippen LogP contribution in [0.15, 0.2) is 30.5 Å². The third-order valence-corrected chi connectivity index (χ3v) is 4.74. The fraction of sp³-hybridized carbons (Fsp3) is 0.350. The summed E-state index contributed by atoms with van der Waals surface area (Å²) in [5.74, 6) is 2.30. The van der Waals surface area contributed by atoms with E-state index in [9.17, 15) is 4.79 Å². The van der Waals surface area contributed by atoms with E-state index in [1.807, 2.05) is 38.1 Å². The summed E-state index contributed by atoms with van der Waals surface area (Å²) in [5.41, 5.74) is 1.94. The lowest BCUT2D eigenvalue weighted by Crippen LogP contribution is -2.13. The van der Waals surface area contributed by atoms with Gasteiger partial charge >= 0.3 is 0 Å². The van der Waals surface area contributed by atoms with Gasteiger partial charge in [-0.3, -0.25) is 10.1 Å². The maximum absolute atomic E-state index is 12.2.